The molecule has 0 aliphatic carbocycles. The Balaban J connectivity index is 1.30. The summed E-state index contributed by atoms with van der Waals surface area (Å²) in [5, 5.41) is 8.27. The standard InChI is InChI=1S/C23H25N5O2/c1-30-22-9-5-8-21(16-22)26-12-14-27(15-13-26)23(29)11-10-20-18-28(25-24-20)17-19-6-3-2-4-7-19/h2-11,16,18H,12-15,17H2,1H3/b11-10+. The fourth-order valence-corrected chi connectivity index (χ4v) is 3.49. The molecule has 0 bridgehead atoms. The first-order chi connectivity index (χ1) is 14.7. The predicted octanol–water partition coefficient (Wildman–Crippen LogP) is 2.70. The highest BCUT2D eigenvalue weighted by Crippen LogP contribution is 2.22. The zero-order valence-electron chi connectivity index (χ0n) is 17.0. The summed E-state index contributed by atoms with van der Waals surface area (Å²) in [6.45, 7) is 3.60. The lowest BCUT2D eigenvalue weighted by Gasteiger charge is -2.35. The summed E-state index contributed by atoms with van der Waals surface area (Å²) in [5.74, 6) is 0.840. The molecule has 1 amide bonds. The van der Waals surface area contributed by atoms with Crippen LogP contribution in [-0.4, -0.2) is 59.1 Å². The van der Waals surface area contributed by atoms with Gasteiger partial charge in [0, 0.05) is 44.0 Å². The third-order valence-corrected chi connectivity index (χ3v) is 5.15. The van der Waals surface area contributed by atoms with E-state index in [1.807, 2.05) is 59.6 Å². The van der Waals surface area contributed by atoms with Crippen molar-refractivity contribution in [1.82, 2.24) is 19.9 Å². The van der Waals surface area contributed by atoms with Gasteiger partial charge in [0.1, 0.15) is 11.4 Å². The van der Waals surface area contributed by atoms with Crippen molar-refractivity contribution in [3.05, 3.63) is 78.1 Å². The van der Waals surface area contributed by atoms with Crippen LogP contribution in [0.1, 0.15) is 11.3 Å². The molecule has 1 aromatic heterocycles. The summed E-state index contributed by atoms with van der Waals surface area (Å²) in [4.78, 5) is 16.7. The molecule has 2 aromatic carbocycles. The Morgan fingerprint density at radius 2 is 1.87 bits per heavy atom. The summed E-state index contributed by atoms with van der Waals surface area (Å²) < 4.78 is 7.07. The number of carbonyl (C=O) groups excluding carboxylic acids is 1. The van der Waals surface area contributed by atoms with Crippen LogP contribution in [0.4, 0.5) is 5.69 Å². The van der Waals surface area contributed by atoms with Gasteiger partial charge in [0.15, 0.2) is 0 Å². The number of hydrogen-bond donors (Lipinski definition) is 0. The summed E-state index contributed by atoms with van der Waals surface area (Å²) in [5.41, 5.74) is 2.95. The van der Waals surface area contributed by atoms with E-state index in [0.717, 1.165) is 30.1 Å². The monoisotopic (exact) mass is 403 g/mol. The maximum atomic E-state index is 12.6. The number of piperazine rings is 1. The molecule has 0 unspecified atom stereocenters. The Kier molecular flexibility index (Phi) is 6.08. The van der Waals surface area contributed by atoms with Crippen LogP contribution in [0.5, 0.6) is 5.75 Å². The molecule has 0 N–H and O–H groups in total. The molecule has 0 spiro atoms. The zero-order chi connectivity index (χ0) is 20.8. The smallest absolute Gasteiger partial charge is 0.246 e. The van der Waals surface area contributed by atoms with Crippen LogP contribution in [-0.2, 0) is 11.3 Å². The van der Waals surface area contributed by atoms with E-state index in [2.05, 4.69) is 21.3 Å². The number of carbonyl (C=O) groups is 1. The van der Waals surface area contributed by atoms with Crippen LogP contribution in [0.2, 0.25) is 0 Å². The van der Waals surface area contributed by atoms with Crippen molar-refractivity contribution in [2.45, 2.75) is 6.54 Å². The number of methoxy groups -OCH3 is 1. The summed E-state index contributed by atoms with van der Waals surface area (Å²) in [6.07, 6.45) is 5.15. The van der Waals surface area contributed by atoms with Crippen LogP contribution in [0.3, 0.4) is 0 Å². The van der Waals surface area contributed by atoms with E-state index in [-0.39, 0.29) is 5.91 Å². The molecule has 2 heterocycles. The second kappa shape index (κ2) is 9.26. The predicted molar refractivity (Wildman–Crippen MR) is 116 cm³/mol. The number of nitrogens with zero attached hydrogens (tertiary/aromatic N) is 5. The van der Waals surface area contributed by atoms with Crippen molar-refractivity contribution in [1.29, 1.82) is 0 Å². The molecule has 154 valence electrons. The van der Waals surface area contributed by atoms with E-state index in [1.54, 1.807) is 23.9 Å². The molecule has 1 aliphatic rings. The van der Waals surface area contributed by atoms with E-state index in [1.165, 1.54) is 0 Å². The molecule has 7 heteroatoms. The lowest BCUT2D eigenvalue weighted by molar-refractivity contribution is -0.126. The first kappa shape index (κ1) is 19.7. The van der Waals surface area contributed by atoms with Gasteiger partial charge in [-0.15, -0.1) is 5.10 Å². The van der Waals surface area contributed by atoms with Crippen molar-refractivity contribution < 1.29 is 9.53 Å². The minimum absolute atomic E-state index is 0.00194. The molecule has 4 rings (SSSR count). The number of benzene rings is 2. The lowest BCUT2D eigenvalue weighted by Crippen LogP contribution is -2.48. The fourth-order valence-electron chi connectivity index (χ4n) is 3.49. The average molecular weight is 403 g/mol. The molecule has 0 saturated carbocycles. The van der Waals surface area contributed by atoms with Gasteiger partial charge in [-0.1, -0.05) is 41.6 Å². The Hall–Kier alpha value is -3.61. The Morgan fingerprint density at radius 3 is 2.63 bits per heavy atom. The number of rotatable bonds is 6. The van der Waals surface area contributed by atoms with Crippen molar-refractivity contribution in [2.24, 2.45) is 0 Å². The van der Waals surface area contributed by atoms with Gasteiger partial charge in [-0.3, -0.25) is 4.79 Å². The van der Waals surface area contributed by atoms with Gasteiger partial charge in [0.05, 0.1) is 19.9 Å². The maximum absolute atomic E-state index is 12.6. The van der Waals surface area contributed by atoms with Crippen molar-refractivity contribution in [3.8, 4) is 5.75 Å². The van der Waals surface area contributed by atoms with Gasteiger partial charge >= 0.3 is 0 Å². The molecule has 3 aromatic rings. The minimum Gasteiger partial charge on any atom is -0.497 e. The Morgan fingerprint density at radius 1 is 1.07 bits per heavy atom. The van der Waals surface area contributed by atoms with Gasteiger partial charge < -0.3 is 14.5 Å². The third kappa shape index (κ3) is 4.86. The van der Waals surface area contributed by atoms with E-state index in [4.69, 9.17) is 4.74 Å². The zero-order valence-corrected chi connectivity index (χ0v) is 17.0. The van der Waals surface area contributed by atoms with Crippen molar-refractivity contribution >= 4 is 17.7 Å². The lowest BCUT2D eigenvalue weighted by atomic mass is 10.2. The highest BCUT2D eigenvalue weighted by molar-refractivity contribution is 5.91. The highest BCUT2D eigenvalue weighted by Gasteiger charge is 2.20. The summed E-state index contributed by atoms with van der Waals surface area (Å²) in [7, 11) is 1.67. The minimum atomic E-state index is -0.00194. The molecule has 0 atom stereocenters. The number of anilines is 1. The number of amides is 1. The Bertz CT molecular complexity index is 1010. The second-order valence-corrected chi connectivity index (χ2v) is 7.17. The maximum Gasteiger partial charge on any atom is 0.246 e. The van der Waals surface area contributed by atoms with E-state index in [9.17, 15) is 4.79 Å². The molecule has 7 nitrogen and oxygen atoms in total. The SMILES string of the molecule is COc1cccc(N2CCN(C(=O)/C=C/c3cn(Cc4ccccc4)nn3)CC2)c1. The van der Waals surface area contributed by atoms with Crippen LogP contribution < -0.4 is 9.64 Å². The van der Waals surface area contributed by atoms with Crippen LogP contribution in [0.25, 0.3) is 6.08 Å². The average Bonchev–Trinajstić information content (AvgIpc) is 3.25. The molecule has 1 aliphatic heterocycles. The highest BCUT2D eigenvalue weighted by atomic mass is 16.5. The van der Waals surface area contributed by atoms with Gasteiger partial charge in [0.25, 0.3) is 0 Å². The quantitative estimate of drug-likeness (QED) is 0.592. The largest absolute Gasteiger partial charge is 0.497 e. The number of aromatic nitrogens is 3. The van der Waals surface area contributed by atoms with Crippen LogP contribution >= 0.6 is 0 Å². The second-order valence-electron chi connectivity index (χ2n) is 7.17. The molecule has 30 heavy (non-hydrogen) atoms. The molecule has 1 fully saturated rings. The topological polar surface area (TPSA) is 63.5 Å². The van der Waals surface area contributed by atoms with E-state index in [0.29, 0.717) is 25.3 Å². The first-order valence-corrected chi connectivity index (χ1v) is 10.0. The van der Waals surface area contributed by atoms with Crippen molar-refractivity contribution in [3.63, 3.8) is 0 Å². The molecular weight excluding hydrogens is 378 g/mol. The molecule has 0 radical (unpaired) electrons. The number of hydrogen-bond acceptors (Lipinski definition) is 5. The van der Waals surface area contributed by atoms with E-state index >= 15 is 0 Å². The van der Waals surface area contributed by atoms with Crippen molar-refractivity contribution in [2.75, 3.05) is 38.2 Å². The van der Waals surface area contributed by atoms with Crippen LogP contribution in [0.15, 0.2) is 66.9 Å². The normalized spacial score (nSPS) is 14.3. The number of ether oxygens (including phenoxy) is 1. The van der Waals surface area contributed by atoms with Crippen LogP contribution in [0, 0.1) is 0 Å². The first-order valence-electron chi connectivity index (χ1n) is 10.0. The van der Waals surface area contributed by atoms with E-state index < -0.39 is 0 Å². The van der Waals surface area contributed by atoms with Gasteiger partial charge in [0.2, 0.25) is 5.91 Å². The molecular formula is C23H25N5O2. The molecule has 1 saturated heterocycles. The fraction of sp³-hybridized carbons (Fsp3) is 0.261. The van der Waals surface area contributed by atoms with Gasteiger partial charge in [-0.05, 0) is 23.8 Å². The third-order valence-electron chi connectivity index (χ3n) is 5.15. The van der Waals surface area contributed by atoms with Gasteiger partial charge in [-0.2, -0.15) is 0 Å². The summed E-state index contributed by atoms with van der Waals surface area (Å²) >= 11 is 0. The van der Waals surface area contributed by atoms with Gasteiger partial charge in [-0.25, -0.2) is 4.68 Å². The summed E-state index contributed by atoms with van der Waals surface area (Å²) in [6, 6.07) is 18.1. The Labute approximate surface area is 176 Å².